The van der Waals surface area contributed by atoms with Gasteiger partial charge >= 0.3 is 0 Å². The minimum atomic E-state index is -0.0513. The Bertz CT molecular complexity index is 1080. The van der Waals surface area contributed by atoms with Gasteiger partial charge in [0, 0.05) is 55.6 Å². The summed E-state index contributed by atoms with van der Waals surface area (Å²) in [5.74, 6) is 0. The third-order valence-corrected chi connectivity index (χ3v) is 6.19. The highest BCUT2D eigenvalue weighted by atomic mass is 16.1. The first-order valence-electron chi connectivity index (χ1n) is 10.4. The lowest BCUT2D eigenvalue weighted by atomic mass is 10.1. The van der Waals surface area contributed by atoms with Gasteiger partial charge in [-0.25, -0.2) is 0 Å². The summed E-state index contributed by atoms with van der Waals surface area (Å²) in [7, 11) is 0. The second kappa shape index (κ2) is 7.06. The highest BCUT2D eigenvalue weighted by Crippen LogP contribution is 2.41. The summed E-state index contributed by atoms with van der Waals surface area (Å²) < 4.78 is 0. The molecule has 0 amide bonds. The van der Waals surface area contributed by atoms with Crippen LogP contribution in [0.2, 0.25) is 0 Å². The van der Waals surface area contributed by atoms with Crippen LogP contribution >= 0.6 is 0 Å². The fraction of sp³-hybridized carbons (Fsp3) is 0.391. The number of benzene rings is 1. The maximum absolute atomic E-state index is 12.5. The second-order valence-corrected chi connectivity index (χ2v) is 7.87. The number of nitrogens with zero attached hydrogens (tertiary/aromatic N) is 3. The van der Waals surface area contributed by atoms with Crippen molar-refractivity contribution in [3.8, 4) is 11.3 Å². The molecular weight excluding hydrogens is 348 g/mol. The summed E-state index contributed by atoms with van der Waals surface area (Å²) in [6.07, 6.45) is 5.15. The van der Waals surface area contributed by atoms with Crippen molar-refractivity contribution in [1.82, 2.24) is 14.9 Å². The number of unbranched alkanes of at least 4 members (excludes halogenated alkanes) is 1. The van der Waals surface area contributed by atoms with E-state index in [0.717, 1.165) is 54.9 Å². The number of anilines is 1. The van der Waals surface area contributed by atoms with Gasteiger partial charge < -0.3 is 9.88 Å². The second-order valence-electron chi connectivity index (χ2n) is 7.87. The fourth-order valence-corrected chi connectivity index (χ4v) is 4.67. The molecule has 2 aliphatic rings. The number of H-pyrrole nitrogens is 1. The van der Waals surface area contributed by atoms with E-state index in [-0.39, 0.29) is 5.56 Å². The Morgan fingerprint density at radius 3 is 2.75 bits per heavy atom. The smallest absolute Gasteiger partial charge is 0.257 e. The third-order valence-electron chi connectivity index (χ3n) is 6.19. The number of hydrogen-bond acceptors (Lipinski definition) is 4. The largest absolute Gasteiger partial charge is 0.369 e. The molecule has 0 spiro atoms. The van der Waals surface area contributed by atoms with Crippen LogP contribution in [0.4, 0.5) is 5.69 Å². The molecule has 1 aromatic carbocycles. The maximum Gasteiger partial charge on any atom is 0.257 e. The molecule has 1 aliphatic carbocycles. The van der Waals surface area contributed by atoms with E-state index in [2.05, 4.69) is 44.9 Å². The Balaban J connectivity index is 1.49. The fourth-order valence-electron chi connectivity index (χ4n) is 4.67. The van der Waals surface area contributed by atoms with E-state index in [1.165, 1.54) is 30.6 Å². The summed E-state index contributed by atoms with van der Waals surface area (Å²) in [4.78, 5) is 25.3. The van der Waals surface area contributed by atoms with Crippen LogP contribution in [0.25, 0.3) is 22.2 Å². The number of aromatic nitrogens is 2. The summed E-state index contributed by atoms with van der Waals surface area (Å²) in [5, 5.41) is 0.681. The Labute approximate surface area is 165 Å². The predicted octanol–water partition coefficient (Wildman–Crippen LogP) is 3.42. The van der Waals surface area contributed by atoms with Crippen LogP contribution in [0.15, 0.2) is 41.3 Å². The molecule has 5 nitrogen and oxygen atoms in total. The van der Waals surface area contributed by atoms with E-state index in [1.54, 1.807) is 6.20 Å². The average molecular weight is 374 g/mol. The van der Waals surface area contributed by atoms with Crippen LogP contribution in [0.1, 0.15) is 30.9 Å². The summed E-state index contributed by atoms with van der Waals surface area (Å²) in [6.45, 7) is 7.83. The molecule has 0 unspecified atom stereocenters. The monoisotopic (exact) mass is 374 g/mol. The van der Waals surface area contributed by atoms with Gasteiger partial charge in [0.1, 0.15) is 0 Å². The molecule has 5 rings (SSSR count). The van der Waals surface area contributed by atoms with Gasteiger partial charge in [-0.1, -0.05) is 25.5 Å². The van der Waals surface area contributed by atoms with Crippen LogP contribution < -0.4 is 10.5 Å². The molecular formula is C23H26N4O. The maximum atomic E-state index is 12.5. The van der Waals surface area contributed by atoms with E-state index in [1.807, 2.05) is 12.1 Å². The molecule has 144 valence electrons. The highest BCUT2D eigenvalue weighted by molar-refractivity contribution is 5.91. The zero-order valence-electron chi connectivity index (χ0n) is 16.4. The van der Waals surface area contributed by atoms with Crippen molar-refractivity contribution in [2.24, 2.45) is 0 Å². The molecule has 2 aromatic heterocycles. The van der Waals surface area contributed by atoms with Crippen molar-refractivity contribution in [2.75, 3.05) is 37.6 Å². The van der Waals surface area contributed by atoms with Gasteiger partial charge in [0.05, 0.1) is 16.6 Å². The lowest BCUT2D eigenvalue weighted by Crippen LogP contribution is -2.46. The highest BCUT2D eigenvalue weighted by Gasteiger charge is 2.28. The van der Waals surface area contributed by atoms with Gasteiger partial charge in [0.2, 0.25) is 0 Å². The molecule has 1 fully saturated rings. The van der Waals surface area contributed by atoms with Crippen LogP contribution in [-0.4, -0.2) is 47.6 Å². The van der Waals surface area contributed by atoms with E-state index in [4.69, 9.17) is 0 Å². The first kappa shape index (κ1) is 17.4. The van der Waals surface area contributed by atoms with Crippen LogP contribution in [0.5, 0.6) is 0 Å². The van der Waals surface area contributed by atoms with Crippen molar-refractivity contribution in [3.05, 3.63) is 58.0 Å². The molecule has 0 atom stereocenters. The lowest BCUT2D eigenvalue weighted by molar-refractivity contribution is 0.254. The van der Waals surface area contributed by atoms with E-state index in [0.29, 0.717) is 5.39 Å². The SMILES string of the molecule is CCCCN1CCN(c2cccc3c2Cc2c-3[nH]c(=O)c3cccnc23)CC1. The molecule has 3 heterocycles. The molecule has 1 saturated heterocycles. The van der Waals surface area contributed by atoms with Crippen LogP contribution in [0.3, 0.4) is 0 Å². The van der Waals surface area contributed by atoms with Gasteiger partial charge in [-0.05, 0) is 36.7 Å². The number of hydrogen-bond donors (Lipinski definition) is 1. The molecule has 3 aromatic rings. The minimum absolute atomic E-state index is 0.0513. The van der Waals surface area contributed by atoms with E-state index in [9.17, 15) is 4.79 Å². The molecule has 1 aliphatic heterocycles. The van der Waals surface area contributed by atoms with E-state index >= 15 is 0 Å². The number of rotatable bonds is 4. The van der Waals surface area contributed by atoms with Gasteiger partial charge in [-0.2, -0.15) is 0 Å². The molecule has 0 radical (unpaired) electrons. The molecule has 0 bridgehead atoms. The first-order valence-corrected chi connectivity index (χ1v) is 10.4. The van der Waals surface area contributed by atoms with Crippen molar-refractivity contribution in [3.63, 3.8) is 0 Å². The van der Waals surface area contributed by atoms with Crippen molar-refractivity contribution in [2.45, 2.75) is 26.2 Å². The van der Waals surface area contributed by atoms with Crippen LogP contribution in [0, 0.1) is 0 Å². The lowest BCUT2D eigenvalue weighted by Gasteiger charge is -2.37. The number of piperazine rings is 1. The quantitative estimate of drug-likeness (QED) is 0.595. The Hall–Kier alpha value is -2.66. The van der Waals surface area contributed by atoms with Gasteiger partial charge in [-0.15, -0.1) is 0 Å². The van der Waals surface area contributed by atoms with E-state index < -0.39 is 0 Å². The molecule has 1 N–H and O–H groups in total. The molecule has 5 heteroatoms. The first-order chi connectivity index (χ1) is 13.8. The predicted molar refractivity (Wildman–Crippen MR) is 114 cm³/mol. The Morgan fingerprint density at radius 2 is 1.93 bits per heavy atom. The van der Waals surface area contributed by atoms with Crippen LogP contribution in [-0.2, 0) is 6.42 Å². The Kier molecular flexibility index (Phi) is 4.40. The zero-order chi connectivity index (χ0) is 19.1. The normalized spacial score (nSPS) is 16.4. The van der Waals surface area contributed by atoms with Crippen molar-refractivity contribution >= 4 is 16.6 Å². The number of nitrogens with one attached hydrogen (secondary N) is 1. The summed E-state index contributed by atoms with van der Waals surface area (Å²) in [6, 6.07) is 10.2. The number of pyridine rings is 2. The zero-order valence-corrected chi connectivity index (χ0v) is 16.4. The molecule has 28 heavy (non-hydrogen) atoms. The topological polar surface area (TPSA) is 52.2 Å². The average Bonchev–Trinajstić information content (AvgIpc) is 3.12. The minimum Gasteiger partial charge on any atom is -0.369 e. The molecule has 0 saturated carbocycles. The third kappa shape index (κ3) is 2.81. The van der Waals surface area contributed by atoms with Gasteiger partial charge in [0.15, 0.2) is 0 Å². The van der Waals surface area contributed by atoms with Crippen molar-refractivity contribution < 1.29 is 0 Å². The van der Waals surface area contributed by atoms with Gasteiger partial charge in [-0.3, -0.25) is 14.7 Å². The summed E-state index contributed by atoms with van der Waals surface area (Å²) in [5.41, 5.74) is 6.69. The number of aromatic amines is 1. The Morgan fingerprint density at radius 1 is 1.07 bits per heavy atom. The standard InChI is InChI=1S/C23H26N4O/c1-2-3-10-26-11-13-27(14-12-26)20-8-4-6-16-18(20)15-19-21-17(7-5-9-24-21)23(28)25-22(16)19/h4-9H,2-3,10-15H2,1H3,(H,25,28). The number of fused-ring (bicyclic) bond motifs is 5. The van der Waals surface area contributed by atoms with Gasteiger partial charge in [0.25, 0.3) is 5.56 Å². The van der Waals surface area contributed by atoms with Crippen molar-refractivity contribution in [1.29, 1.82) is 0 Å². The summed E-state index contributed by atoms with van der Waals surface area (Å²) >= 11 is 0.